The average Bonchev–Trinajstić information content (AvgIpc) is 2.59. The van der Waals surface area contributed by atoms with Crippen molar-refractivity contribution in [1.29, 1.82) is 0 Å². The lowest BCUT2D eigenvalue weighted by molar-refractivity contribution is -0.139. The number of piperidine rings is 1. The van der Waals surface area contributed by atoms with E-state index in [2.05, 4.69) is 48.3 Å². The normalized spacial score (nSPS) is 24.4. The van der Waals surface area contributed by atoms with Gasteiger partial charge in [-0.15, -0.1) is 0 Å². The molecule has 0 bridgehead atoms. The Kier molecular flexibility index (Phi) is 5.34. The van der Waals surface area contributed by atoms with Crippen LogP contribution in [0.4, 0.5) is 0 Å². The molecular formula is C19H29N3O. The van der Waals surface area contributed by atoms with Crippen LogP contribution in [0, 0.1) is 6.92 Å². The molecule has 0 aliphatic carbocycles. The summed E-state index contributed by atoms with van der Waals surface area (Å²) in [4.78, 5) is 17.8. The predicted molar refractivity (Wildman–Crippen MR) is 93.4 cm³/mol. The molecule has 2 saturated heterocycles. The molecule has 1 aromatic carbocycles. The summed E-state index contributed by atoms with van der Waals surface area (Å²) in [5, 5.41) is 3.34. The predicted octanol–water partition coefficient (Wildman–Crippen LogP) is 2.34. The van der Waals surface area contributed by atoms with Crippen molar-refractivity contribution in [3.63, 3.8) is 0 Å². The molecule has 2 atom stereocenters. The second-order valence-electron chi connectivity index (χ2n) is 6.97. The molecule has 1 aromatic rings. The van der Waals surface area contributed by atoms with E-state index in [1.54, 1.807) is 0 Å². The molecular weight excluding hydrogens is 286 g/mol. The zero-order chi connectivity index (χ0) is 16.2. The molecule has 0 spiro atoms. The summed E-state index contributed by atoms with van der Waals surface area (Å²) in [6, 6.07) is 8.89. The van der Waals surface area contributed by atoms with Crippen LogP contribution in [-0.4, -0.2) is 54.5 Å². The lowest BCUT2D eigenvalue weighted by Gasteiger charge is -2.41. The molecule has 4 nitrogen and oxygen atoms in total. The maximum Gasteiger partial charge on any atom is 0.244 e. The van der Waals surface area contributed by atoms with Crippen LogP contribution in [-0.2, 0) is 4.79 Å². The Morgan fingerprint density at radius 2 is 1.83 bits per heavy atom. The second kappa shape index (κ2) is 7.45. The lowest BCUT2D eigenvalue weighted by Crippen LogP contribution is -2.52. The first-order valence-corrected chi connectivity index (χ1v) is 8.98. The molecule has 1 amide bonds. The molecule has 3 rings (SSSR count). The minimum absolute atomic E-state index is 0.121. The zero-order valence-electron chi connectivity index (χ0n) is 14.4. The van der Waals surface area contributed by atoms with Crippen LogP contribution in [0.15, 0.2) is 24.3 Å². The van der Waals surface area contributed by atoms with Crippen LogP contribution in [0.25, 0.3) is 0 Å². The maximum atomic E-state index is 13.3. The SMILES string of the molecule is Cc1ccc(C(C(=O)N2CCNCC2)N2CCCCC2C)cc1. The molecule has 23 heavy (non-hydrogen) atoms. The van der Waals surface area contributed by atoms with E-state index < -0.39 is 0 Å². The van der Waals surface area contributed by atoms with Gasteiger partial charge in [0.05, 0.1) is 0 Å². The first-order valence-electron chi connectivity index (χ1n) is 8.98. The summed E-state index contributed by atoms with van der Waals surface area (Å²) >= 11 is 0. The van der Waals surface area contributed by atoms with Gasteiger partial charge >= 0.3 is 0 Å². The second-order valence-corrected chi connectivity index (χ2v) is 6.97. The van der Waals surface area contributed by atoms with Gasteiger partial charge in [-0.3, -0.25) is 9.69 Å². The van der Waals surface area contributed by atoms with Gasteiger partial charge < -0.3 is 10.2 Å². The van der Waals surface area contributed by atoms with Crippen LogP contribution >= 0.6 is 0 Å². The Hall–Kier alpha value is -1.39. The Balaban J connectivity index is 1.88. The third kappa shape index (κ3) is 3.75. The quantitative estimate of drug-likeness (QED) is 0.930. The number of hydrogen-bond donors (Lipinski definition) is 1. The smallest absolute Gasteiger partial charge is 0.244 e. The molecule has 2 aliphatic rings. The van der Waals surface area contributed by atoms with E-state index in [0.717, 1.165) is 38.3 Å². The first kappa shape index (κ1) is 16.5. The fraction of sp³-hybridized carbons (Fsp3) is 0.632. The van der Waals surface area contributed by atoms with Crippen LogP contribution < -0.4 is 5.32 Å². The number of amides is 1. The molecule has 1 N–H and O–H groups in total. The van der Waals surface area contributed by atoms with Crippen molar-refractivity contribution < 1.29 is 4.79 Å². The van der Waals surface area contributed by atoms with Gasteiger partial charge in [-0.1, -0.05) is 36.2 Å². The molecule has 2 fully saturated rings. The Labute approximate surface area is 139 Å². The minimum atomic E-state index is -0.121. The van der Waals surface area contributed by atoms with E-state index in [0.29, 0.717) is 6.04 Å². The molecule has 2 heterocycles. The van der Waals surface area contributed by atoms with Crippen molar-refractivity contribution >= 4 is 5.91 Å². The number of carbonyl (C=O) groups excluding carboxylic acids is 1. The summed E-state index contributed by atoms with van der Waals surface area (Å²) in [5.41, 5.74) is 2.39. The number of nitrogens with one attached hydrogen (secondary N) is 1. The van der Waals surface area contributed by atoms with Gasteiger partial charge in [-0.2, -0.15) is 0 Å². The summed E-state index contributed by atoms with van der Waals surface area (Å²) in [7, 11) is 0. The fourth-order valence-corrected chi connectivity index (χ4v) is 3.79. The Bertz CT molecular complexity index is 522. The van der Waals surface area contributed by atoms with Gasteiger partial charge in [0, 0.05) is 32.2 Å². The van der Waals surface area contributed by atoms with Crippen molar-refractivity contribution in [1.82, 2.24) is 15.1 Å². The Morgan fingerprint density at radius 1 is 1.13 bits per heavy atom. The van der Waals surface area contributed by atoms with Gasteiger partial charge in [-0.25, -0.2) is 0 Å². The van der Waals surface area contributed by atoms with Crippen LogP contribution in [0.1, 0.15) is 43.4 Å². The minimum Gasteiger partial charge on any atom is -0.338 e. The number of likely N-dealkylation sites (tertiary alicyclic amines) is 1. The molecule has 2 aliphatic heterocycles. The van der Waals surface area contributed by atoms with Crippen LogP contribution in [0.5, 0.6) is 0 Å². The van der Waals surface area contributed by atoms with Crippen molar-refractivity contribution in [2.75, 3.05) is 32.7 Å². The standard InChI is InChI=1S/C19H29N3O/c1-15-6-8-17(9-7-15)18(22-12-4-3-5-16(22)2)19(23)21-13-10-20-11-14-21/h6-9,16,18,20H,3-5,10-14H2,1-2H3. The van der Waals surface area contributed by atoms with Gasteiger partial charge in [0.15, 0.2) is 0 Å². The number of piperazine rings is 1. The maximum absolute atomic E-state index is 13.3. The number of benzene rings is 1. The molecule has 2 unspecified atom stereocenters. The molecule has 0 saturated carbocycles. The highest BCUT2D eigenvalue weighted by Crippen LogP contribution is 2.30. The number of carbonyl (C=O) groups is 1. The van der Waals surface area contributed by atoms with E-state index in [4.69, 9.17) is 0 Å². The van der Waals surface area contributed by atoms with Gasteiger partial charge in [0.2, 0.25) is 5.91 Å². The topological polar surface area (TPSA) is 35.6 Å². The highest BCUT2D eigenvalue weighted by atomic mass is 16.2. The van der Waals surface area contributed by atoms with E-state index in [-0.39, 0.29) is 11.9 Å². The molecule has 4 heteroatoms. The number of aryl methyl sites for hydroxylation is 1. The fourth-order valence-electron chi connectivity index (χ4n) is 3.79. The first-order chi connectivity index (χ1) is 11.2. The van der Waals surface area contributed by atoms with Crippen molar-refractivity contribution in [3.05, 3.63) is 35.4 Å². The van der Waals surface area contributed by atoms with Crippen molar-refractivity contribution in [2.24, 2.45) is 0 Å². The number of nitrogens with zero attached hydrogens (tertiary/aromatic N) is 2. The molecule has 0 radical (unpaired) electrons. The van der Waals surface area contributed by atoms with E-state index in [1.165, 1.54) is 24.8 Å². The third-order valence-corrected chi connectivity index (χ3v) is 5.24. The van der Waals surface area contributed by atoms with Gasteiger partial charge in [0.1, 0.15) is 6.04 Å². The monoisotopic (exact) mass is 315 g/mol. The van der Waals surface area contributed by atoms with Gasteiger partial charge in [-0.05, 0) is 38.8 Å². The number of hydrogen-bond acceptors (Lipinski definition) is 3. The summed E-state index contributed by atoms with van der Waals surface area (Å²) in [5.74, 6) is 0.282. The average molecular weight is 315 g/mol. The van der Waals surface area contributed by atoms with Crippen molar-refractivity contribution in [2.45, 2.75) is 45.2 Å². The van der Waals surface area contributed by atoms with E-state index in [1.807, 2.05) is 4.90 Å². The van der Waals surface area contributed by atoms with E-state index in [9.17, 15) is 4.79 Å². The van der Waals surface area contributed by atoms with E-state index >= 15 is 0 Å². The molecule has 126 valence electrons. The summed E-state index contributed by atoms with van der Waals surface area (Å²) in [6.45, 7) is 8.85. The zero-order valence-corrected chi connectivity index (χ0v) is 14.4. The van der Waals surface area contributed by atoms with Crippen molar-refractivity contribution in [3.8, 4) is 0 Å². The van der Waals surface area contributed by atoms with Crippen LogP contribution in [0.3, 0.4) is 0 Å². The third-order valence-electron chi connectivity index (χ3n) is 5.24. The summed E-state index contributed by atoms with van der Waals surface area (Å²) in [6.07, 6.45) is 3.67. The highest BCUT2D eigenvalue weighted by Gasteiger charge is 2.35. The van der Waals surface area contributed by atoms with Gasteiger partial charge in [0.25, 0.3) is 0 Å². The summed E-state index contributed by atoms with van der Waals surface area (Å²) < 4.78 is 0. The van der Waals surface area contributed by atoms with Crippen LogP contribution in [0.2, 0.25) is 0 Å². The molecule has 0 aromatic heterocycles. The highest BCUT2D eigenvalue weighted by molar-refractivity contribution is 5.83. The lowest BCUT2D eigenvalue weighted by atomic mass is 9.95. The Morgan fingerprint density at radius 3 is 2.48 bits per heavy atom. The number of rotatable bonds is 3. The largest absolute Gasteiger partial charge is 0.338 e.